The lowest BCUT2D eigenvalue weighted by Gasteiger charge is -2.19. The first-order valence-electron chi connectivity index (χ1n) is 10.3. The minimum atomic E-state index is -0.117. The van der Waals surface area contributed by atoms with Crippen LogP contribution >= 0.6 is 0 Å². The van der Waals surface area contributed by atoms with Crippen LogP contribution in [-0.2, 0) is 18.4 Å². The molecule has 0 aliphatic heterocycles. The van der Waals surface area contributed by atoms with E-state index in [4.69, 9.17) is 5.10 Å². The third kappa shape index (κ3) is 4.28. The predicted octanol–water partition coefficient (Wildman–Crippen LogP) is 4.97. The minimum absolute atomic E-state index is 0.0633. The van der Waals surface area contributed by atoms with Gasteiger partial charge >= 0.3 is 5.69 Å². The molecule has 0 aliphatic rings. The number of hydrogen-bond donors (Lipinski definition) is 0. The summed E-state index contributed by atoms with van der Waals surface area (Å²) < 4.78 is 3.30. The second kappa shape index (κ2) is 8.15. The standard InChI is InChI=1S/C26H27N3O/c1-26(2,3)22-14-16-23(17-15-22)29-24(18-20-10-6-4-7-11-20)27-28(25(29)30)19-21-12-8-5-9-13-21/h4-17H,18-19H2,1-3H3. The molecule has 3 aromatic carbocycles. The molecule has 1 heterocycles. The van der Waals surface area contributed by atoms with Crippen molar-refractivity contribution in [2.75, 3.05) is 0 Å². The molecule has 0 saturated heterocycles. The Hall–Kier alpha value is -3.40. The number of hydrogen-bond acceptors (Lipinski definition) is 2. The molecular weight excluding hydrogens is 370 g/mol. The molecule has 0 saturated carbocycles. The van der Waals surface area contributed by atoms with E-state index in [1.54, 1.807) is 9.25 Å². The van der Waals surface area contributed by atoms with Gasteiger partial charge in [-0.25, -0.2) is 14.0 Å². The van der Waals surface area contributed by atoms with E-state index in [1.165, 1.54) is 5.56 Å². The van der Waals surface area contributed by atoms with Crippen LogP contribution in [-0.4, -0.2) is 14.3 Å². The van der Waals surface area contributed by atoms with Gasteiger partial charge in [0, 0.05) is 6.42 Å². The van der Waals surface area contributed by atoms with Crippen molar-refractivity contribution >= 4 is 0 Å². The summed E-state index contributed by atoms with van der Waals surface area (Å²) in [4.78, 5) is 13.3. The van der Waals surface area contributed by atoms with Crippen molar-refractivity contribution in [1.29, 1.82) is 0 Å². The first kappa shape index (κ1) is 19.9. The van der Waals surface area contributed by atoms with Crippen LogP contribution in [0.15, 0.2) is 89.7 Å². The van der Waals surface area contributed by atoms with E-state index in [2.05, 4.69) is 45.0 Å². The third-order valence-electron chi connectivity index (χ3n) is 5.28. The van der Waals surface area contributed by atoms with Crippen LogP contribution in [0, 0.1) is 0 Å². The van der Waals surface area contributed by atoms with Crippen LogP contribution in [0.3, 0.4) is 0 Å². The fraction of sp³-hybridized carbons (Fsp3) is 0.231. The van der Waals surface area contributed by atoms with Crippen molar-refractivity contribution in [3.05, 3.63) is 118 Å². The molecule has 4 heteroatoms. The molecule has 152 valence electrons. The zero-order valence-corrected chi connectivity index (χ0v) is 17.7. The van der Waals surface area contributed by atoms with Gasteiger partial charge in [0.25, 0.3) is 0 Å². The molecule has 0 unspecified atom stereocenters. The first-order chi connectivity index (χ1) is 14.4. The summed E-state index contributed by atoms with van der Waals surface area (Å²) in [6.07, 6.45) is 0.596. The zero-order valence-electron chi connectivity index (χ0n) is 17.7. The minimum Gasteiger partial charge on any atom is -0.247 e. The van der Waals surface area contributed by atoms with E-state index in [0.717, 1.165) is 22.6 Å². The fourth-order valence-electron chi connectivity index (χ4n) is 3.57. The third-order valence-corrected chi connectivity index (χ3v) is 5.28. The van der Waals surface area contributed by atoms with Gasteiger partial charge in [0.1, 0.15) is 5.82 Å². The van der Waals surface area contributed by atoms with Gasteiger partial charge in [0.15, 0.2) is 0 Å². The topological polar surface area (TPSA) is 39.8 Å². The summed E-state index contributed by atoms with van der Waals surface area (Å²) in [6, 6.07) is 28.3. The van der Waals surface area contributed by atoms with Gasteiger partial charge in [0.2, 0.25) is 0 Å². The molecule has 0 radical (unpaired) electrons. The van der Waals surface area contributed by atoms with Gasteiger partial charge in [-0.15, -0.1) is 0 Å². The highest BCUT2D eigenvalue weighted by molar-refractivity contribution is 5.38. The first-order valence-corrected chi connectivity index (χ1v) is 10.3. The molecule has 30 heavy (non-hydrogen) atoms. The van der Waals surface area contributed by atoms with Crippen molar-refractivity contribution < 1.29 is 0 Å². The fourth-order valence-corrected chi connectivity index (χ4v) is 3.57. The van der Waals surface area contributed by atoms with Gasteiger partial charge in [0.05, 0.1) is 12.2 Å². The maximum atomic E-state index is 13.3. The van der Waals surface area contributed by atoms with E-state index in [0.29, 0.717) is 13.0 Å². The Morgan fingerprint density at radius 1 is 0.767 bits per heavy atom. The van der Waals surface area contributed by atoms with E-state index in [1.807, 2.05) is 60.7 Å². The Morgan fingerprint density at radius 2 is 1.33 bits per heavy atom. The quantitative estimate of drug-likeness (QED) is 0.477. The number of rotatable bonds is 5. The molecule has 0 atom stereocenters. The smallest absolute Gasteiger partial charge is 0.247 e. The zero-order chi connectivity index (χ0) is 21.1. The Bertz CT molecular complexity index is 1170. The normalized spacial score (nSPS) is 11.6. The molecule has 0 N–H and O–H groups in total. The molecule has 0 bridgehead atoms. The van der Waals surface area contributed by atoms with Gasteiger partial charge in [-0.2, -0.15) is 5.10 Å². The Balaban J connectivity index is 1.77. The summed E-state index contributed by atoms with van der Waals surface area (Å²) >= 11 is 0. The lowest BCUT2D eigenvalue weighted by atomic mass is 9.87. The number of nitrogens with zero attached hydrogens (tertiary/aromatic N) is 3. The molecule has 1 aromatic heterocycles. The lowest BCUT2D eigenvalue weighted by molar-refractivity contribution is 0.590. The van der Waals surface area contributed by atoms with Gasteiger partial charge in [-0.3, -0.25) is 0 Å². The SMILES string of the molecule is CC(C)(C)c1ccc(-n2c(Cc3ccccc3)nn(Cc3ccccc3)c2=O)cc1. The van der Waals surface area contributed by atoms with Crippen LogP contribution in [0.5, 0.6) is 0 Å². The van der Waals surface area contributed by atoms with Crippen molar-refractivity contribution in [3.8, 4) is 5.69 Å². The Morgan fingerprint density at radius 3 is 1.90 bits per heavy atom. The van der Waals surface area contributed by atoms with Crippen molar-refractivity contribution in [3.63, 3.8) is 0 Å². The van der Waals surface area contributed by atoms with Crippen LogP contribution in [0.2, 0.25) is 0 Å². The predicted molar refractivity (Wildman–Crippen MR) is 121 cm³/mol. The largest absolute Gasteiger partial charge is 0.350 e. The average molecular weight is 398 g/mol. The Kier molecular flexibility index (Phi) is 5.40. The average Bonchev–Trinajstić information content (AvgIpc) is 3.03. The molecule has 0 spiro atoms. The molecule has 4 nitrogen and oxygen atoms in total. The summed E-state index contributed by atoms with van der Waals surface area (Å²) in [5.41, 5.74) is 4.21. The molecule has 0 fully saturated rings. The highest BCUT2D eigenvalue weighted by Crippen LogP contribution is 2.23. The summed E-state index contributed by atoms with van der Waals surface area (Å²) in [6.45, 7) is 7.02. The van der Waals surface area contributed by atoms with Crippen molar-refractivity contribution in [1.82, 2.24) is 14.3 Å². The van der Waals surface area contributed by atoms with E-state index in [-0.39, 0.29) is 11.1 Å². The molecule has 0 aliphatic carbocycles. The maximum absolute atomic E-state index is 13.3. The number of aromatic nitrogens is 3. The van der Waals surface area contributed by atoms with Gasteiger partial charge in [-0.1, -0.05) is 93.6 Å². The van der Waals surface area contributed by atoms with Crippen molar-refractivity contribution in [2.45, 2.75) is 39.2 Å². The maximum Gasteiger partial charge on any atom is 0.350 e. The summed E-state index contributed by atoms with van der Waals surface area (Å²) in [5.74, 6) is 0.741. The van der Waals surface area contributed by atoms with Gasteiger partial charge in [-0.05, 0) is 34.2 Å². The Labute approximate surface area is 177 Å². The monoisotopic (exact) mass is 397 g/mol. The second-order valence-electron chi connectivity index (χ2n) is 8.64. The van der Waals surface area contributed by atoms with Gasteiger partial charge < -0.3 is 0 Å². The van der Waals surface area contributed by atoms with Crippen LogP contribution in [0.1, 0.15) is 43.3 Å². The van der Waals surface area contributed by atoms with Crippen LogP contribution in [0.25, 0.3) is 5.69 Å². The molecular formula is C26H27N3O. The molecule has 0 amide bonds. The van der Waals surface area contributed by atoms with E-state index < -0.39 is 0 Å². The molecule has 4 rings (SSSR count). The lowest BCUT2D eigenvalue weighted by Crippen LogP contribution is -2.25. The van der Waals surface area contributed by atoms with E-state index in [9.17, 15) is 4.79 Å². The summed E-state index contributed by atoms with van der Waals surface area (Å²) in [5, 5.41) is 4.72. The van der Waals surface area contributed by atoms with Crippen LogP contribution in [0.4, 0.5) is 0 Å². The summed E-state index contributed by atoms with van der Waals surface area (Å²) in [7, 11) is 0. The highest BCUT2D eigenvalue weighted by atomic mass is 16.2. The highest BCUT2D eigenvalue weighted by Gasteiger charge is 2.18. The van der Waals surface area contributed by atoms with Crippen LogP contribution < -0.4 is 5.69 Å². The number of benzene rings is 3. The second-order valence-corrected chi connectivity index (χ2v) is 8.64. The molecule has 4 aromatic rings. The van der Waals surface area contributed by atoms with Crippen molar-refractivity contribution in [2.24, 2.45) is 0 Å². The van der Waals surface area contributed by atoms with E-state index >= 15 is 0 Å².